The molecule has 0 aromatic carbocycles. The quantitative estimate of drug-likeness (QED) is 0.490. The summed E-state index contributed by atoms with van der Waals surface area (Å²) in [5.74, 6) is -0.673. The Labute approximate surface area is 120 Å². The van der Waals surface area contributed by atoms with E-state index in [0.717, 1.165) is 0 Å². The summed E-state index contributed by atoms with van der Waals surface area (Å²) in [5.41, 5.74) is 0. The molecule has 0 aromatic heterocycles. The maximum Gasteiger partial charge on any atom is 0.324 e. The van der Waals surface area contributed by atoms with E-state index in [4.69, 9.17) is 14.2 Å². The average Bonchev–Trinajstić information content (AvgIpc) is 2.47. The Morgan fingerprint density at radius 3 is 2.55 bits per heavy atom. The fourth-order valence-corrected chi connectivity index (χ4v) is 3.79. The molecule has 0 bridgehead atoms. The lowest BCUT2D eigenvalue weighted by Gasteiger charge is -2.24. The van der Waals surface area contributed by atoms with Crippen LogP contribution in [0.1, 0.15) is 33.1 Å². The van der Waals surface area contributed by atoms with Crippen molar-refractivity contribution in [3.05, 3.63) is 0 Å². The van der Waals surface area contributed by atoms with Crippen molar-refractivity contribution in [1.29, 1.82) is 0 Å². The Morgan fingerprint density at radius 1 is 1.30 bits per heavy atom. The van der Waals surface area contributed by atoms with Crippen LogP contribution in [0, 0.1) is 0 Å². The predicted molar refractivity (Wildman–Crippen MR) is 74.3 cm³/mol. The van der Waals surface area contributed by atoms with Crippen molar-refractivity contribution in [2.45, 2.75) is 43.6 Å². The van der Waals surface area contributed by atoms with E-state index in [0.29, 0.717) is 45.7 Å². The second-order valence-electron chi connectivity index (χ2n) is 4.76. The average molecular weight is 308 g/mol. The summed E-state index contributed by atoms with van der Waals surface area (Å²) in [7, 11) is -3.49. The van der Waals surface area contributed by atoms with Gasteiger partial charge in [-0.25, -0.2) is 8.42 Å². The van der Waals surface area contributed by atoms with Crippen LogP contribution in [-0.4, -0.2) is 57.9 Å². The van der Waals surface area contributed by atoms with Crippen LogP contribution in [0.3, 0.4) is 0 Å². The minimum absolute atomic E-state index is 0.187. The van der Waals surface area contributed by atoms with Crippen LogP contribution in [0.4, 0.5) is 0 Å². The van der Waals surface area contributed by atoms with Crippen molar-refractivity contribution >= 4 is 15.8 Å². The van der Waals surface area contributed by atoms with E-state index < -0.39 is 26.3 Å². The van der Waals surface area contributed by atoms with Crippen LogP contribution in [0.5, 0.6) is 0 Å². The molecular weight excluding hydrogens is 284 g/mol. The summed E-state index contributed by atoms with van der Waals surface area (Å²) in [4.78, 5) is 11.8. The fourth-order valence-electron chi connectivity index (χ4n) is 2.02. The highest BCUT2D eigenvalue weighted by Crippen LogP contribution is 2.20. The van der Waals surface area contributed by atoms with E-state index in [-0.39, 0.29) is 6.61 Å². The molecule has 6 nitrogen and oxygen atoms in total. The van der Waals surface area contributed by atoms with Gasteiger partial charge in [0.15, 0.2) is 15.1 Å². The number of hydrogen-bond donors (Lipinski definition) is 0. The van der Waals surface area contributed by atoms with Gasteiger partial charge < -0.3 is 14.2 Å². The second kappa shape index (κ2) is 8.59. The van der Waals surface area contributed by atoms with Crippen LogP contribution in [0.15, 0.2) is 0 Å². The molecule has 1 heterocycles. The number of rotatable bonds is 8. The SMILES string of the molecule is CCOCCCOC(=O)[C@H](C)S(=O)(=O)C1CCOCC1. The zero-order chi connectivity index (χ0) is 15.0. The minimum Gasteiger partial charge on any atom is -0.465 e. The molecule has 1 rings (SSSR count). The first kappa shape index (κ1) is 17.4. The molecule has 0 saturated carbocycles. The van der Waals surface area contributed by atoms with Gasteiger partial charge in [0, 0.05) is 32.8 Å². The molecule has 1 saturated heterocycles. The molecule has 0 spiro atoms. The van der Waals surface area contributed by atoms with Gasteiger partial charge in [0.1, 0.15) is 0 Å². The van der Waals surface area contributed by atoms with Gasteiger partial charge in [-0.1, -0.05) is 0 Å². The standard InChI is InChI=1S/C13H24O6S/c1-3-17-7-4-8-19-13(14)11(2)20(15,16)12-5-9-18-10-6-12/h11-12H,3-10H2,1-2H3/t11-/m0/s1. The number of carbonyl (C=O) groups excluding carboxylic acids is 1. The molecule has 0 amide bonds. The van der Waals surface area contributed by atoms with Crippen molar-refractivity contribution < 1.29 is 27.4 Å². The number of ether oxygens (including phenoxy) is 3. The van der Waals surface area contributed by atoms with Gasteiger partial charge in [0.05, 0.1) is 11.9 Å². The summed E-state index contributed by atoms with van der Waals surface area (Å²) >= 11 is 0. The van der Waals surface area contributed by atoms with Gasteiger partial charge >= 0.3 is 5.97 Å². The largest absolute Gasteiger partial charge is 0.465 e. The first-order chi connectivity index (χ1) is 9.50. The van der Waals surface area contributed by atoms with E-state index in [1.54, 1.807) is 0 Å². The third kappa shape index (κ3) is 5.03. The summed E-state index contributed by atoms with van der Waals surface area (Å²) < 4.78 is 39.8. The van der Waals surface area contributed by atoms with Crippen molar-refractivity contribution in [3.8, 4) is 0 Å². The Morgan fingerprint density at radius 2 is 1.95 bits per heavy atom. The molecule has 20 heavy (non-hydrogen) atoms. The van der Waals surface area contributed by atoms with E-state index in [1.807, 2.05) is 6.92 Å². The van der Waals surface area contributed by atoms with Gasteiger partial charge in [-0.15, -0.1) is 0 Å². The van der Waals surface area contributed by atoms with Crippen LogP contribution < -0.4 is 0 Å². The van der Waals surface area contributed by atoms with E-state index in [9.17, 15) is 13.2 Å². The van der Waals surface area contributed by atoms with Gasteiger partial charge in [-0.2, -0.15) is 0 Å². The van der Waals surface area contributed by atoms with Gasteiger partial charge in [-0.3, -0.25) is 4.79 Å². The third-order valence-corrected chi connectivity index (χ3v) is 5.92. The van der Waals surface area contributed by atoms with Crippen molar-refractivity contribution in [2.24, 2.45) is 0 Å². The molecule has 0 unspecified atom stereocenters. The van der Waals surface area contributed by atoms with Crippen LogP contribution in [0.25, 0.3) is 0 Å². The van der Waals surface area contributed by atoms with E-state index >= 15 is 0 Å². The van der Waals surface area contributed by atoms with Crippen molar-refractivity contribution in [1.82, 2.24) is 0 Å². The second-order valence-corrected chi connectivity index (χ2v) is 7.31. The van der Waals surface area contributed by atoms with Crippen LogP contribution in [0.2, 0.25) is 0 Å². The highest BCUT2D eigenvalue weighted by Gasteiger charge is 2.37. The van der Waals surface area contributed by atoms with Crippen molar-refractivity contribution in [3.63, 3.8) is 0 Å². The molecule has 1 aliphatic rings. The number of carbonyl (C=O) groups is 1. The molecule has 1 fully saturated rings. The number of hydrogen-bond acceptors (Lipinski definition) is 6. The van der Waals surface area contributed by atoms with Gasteiger partial charge in [0.25, 0.3) is 0 Å². The van der Waals surface area contributed by atoms with Gasteiger partial charge in [-0.05, 0) is 26.7 Å². The lowest BCUT2D eigenvalue weighted by atomic mass is 10.2. The van der Waals surface area contributed by atoms with Gasteiger partial charge in [0.2, 0.25) is 0 Å². The smallest absolute Gasteiger partial charge is 0.324 e. The normalized spacial score (nSPS) is 18.7. The minimum atomic E-state index is -3.49. The van der Waals surface area contributed by atoms with Crippen LogP contribution >= 0.6 is 0 Å². The molecule has 0 N–H and O–H groups in total. The first-order valence-corrected chi connectivity index (χ1v) is 8.66. The summed E-state index contributed by atoms with van der Waals surface area (Å²) in [6.07, 6.45) is 1.47. The topological polar surface area (TPSA) is 78.9 Å². The summed E-state index contributed by atoms with van der Waals surface area (Å²) in [6, 6.07) is 0. The fraction of sp³-hybridized carbons (Fsp3) is 0.923. The number of esters is 1. The zero-order valence-corrected chi connectivity index (χ0v) is 13.0. The molecule has 1 atom stereocenters. The van der Waals surface area contributed by atoms with Crippen LogP contribution in [-0.2, 0) is 28.8 Å². The molecule has 0 aromatic rings. The first-order valence-electron chi connectivity index (χ1n) is 7.05. The summed E-state index contributed by atoms with van der Waals surface area (Å²) in [5, 5.41) is -1.61. The monoisotopic (exact) mass is 308 g/mol. The molecule has 1 aliphatic heterocycles. The third-order valence-electron chi connectivity index (χ3n) is 3.34. The van der Waals surface area contributed by atoms with Crippen molar-refractivity contribution in [2.75, 3.05) is 33.0 Å². The summed E-state index contributed by atoms with van der Waals surface area (Å²) in [6.45, 7) is 5.45. The molecule has 118 valence electrons. The predicted octanol–water partition coefficient (Wildman–Crippen LogP) is 0.938. The van der Waals surface area contributed by atoms with E-state index in [2.05, 4.69) is 0 Å². The molecule has 0 radical (unpaired) electrons. The Hall–Kier alpha value is -0.660. The Kier molecular flexibility index (Phi) is 7.47. The molecule has 0 aliphatic carbocycles. The van der Waals surface area contributed by atoms with E-state index in [1.165, 1.54) is 6.92 Å². The highest BCUT2D eigenvalue weighted by atomic mass is 32.2. The maximum atomic E-state index is 12.3. The highest BCUT2D eigenvalue weighted by molar-refractivity contribution is 7.93. The lowest BCUT2D eigenvalue weighted by Crippen LogP contribution is -2.39. The lowest BCUT2D eigenvalue weighted by molar-refractivity contribution is -0.143. The zero-order valence-electron chi connectivity index (χ0n) is 12.2. The number of sulfone groups is 1. The molecule has 7 heteroatoms. The maximum absolute atomic E-state index is 12.3. The Balaban J connectivity index is 2.42. The molecular formula is C13H24O6S. The Bertz CT molecular complexity index is 386.